The van der Waals surface area contributed by atoms with Gasteiger partial charge in [-0.1, -0.05) is 12.8 Å². The molecule has 20 heavy (non-hydrogen) atoms. The molecule has 108 valence electrons. The topological polar surface area (TPSA) is 34.0 Å². The lowest BCUT2D eigenvalue weighted by atomic mass is 10.1. The van der Waals surface area contributed by atoms with Crippen LogP contribution in [0.15, 0.2) is 12.1 Å². The van der Waals surface area contributed by atoms with E-state index in [0.29, 0.717) is 0 Å². The van der Waals surface area contributed by atoms with Gasteiger partial charge in [-0.25, -0.2) is 4.98 Å². The first-order valence-corrected chi connectivity index (χ1v) is 7.74. The van der Waals surface area contributed by atoms with Gasteiger partial charge in [-0.2, -0.15) is 5.10 Å². The standard InChI is InChI=1S/C16H24N4/c1-4-20(11-13-7-5-6-8-13)15-10-9-14-12(2)18-19(3)16(14)17-15/h9-10,13H,4-8,11H2,1-3H3. The zero-order chi connectivity index (χ0) is 14.1. The van der Waals surface area contributed by atoms with Crippen LogP contribution >= 0.6 is 0 Å². The number of aryl methyl sites for hydroxylation is 2. The smallest absolute Gasteiger partial charge is 0.160 e. The Balaban J connectivity index is 1.88. The zero-order valence-corrected chi connectivity index (χ0v) is 12.8. The van der Waals surface area contributed by atoms with Crippen LogP contribution in [0.5, 0.6) is 0 Å². The molecule has 1 aliphatic carbocycles. The lowest BCUT2D eigenvalue weighted by molar-refractivity contribution is 0.533. The molecule has 0 spiro atoms. The summed E-state index contributed by atoms with van der Waals surface area (Å²) in [5.41, 5.74) is 2.05. The summed E-state index contributed by atoms with van der Waals surface area (Å²) in [5, 5.41) is 5.62. The molecule has 0 radical (unpaired) electrons. The second-order valence-electron chi connectivity index (χ2n) is 5.94. The summed E-state index contributed by atoms with van der Waals surface area (Å²) in [7, 11) is 1.97. The molecule has 4 heteroatoms. The summed E-state index contributed by atoms with van der Waals surface area (Å²) >= 11 is 0. The van der Waals surface area contributed by atoms with Crippen LogP contribution in [-0.4, -0.2) is 27.9 Å². The third-order valence-corrected chi connectivity index (χ3v) is 4.52. The molecule has 0 bridgehead atoms. The molecular weight excluding hydrogens is 248 g/mol. The molecule has 3 rings (SSSR count). The molecule has 0 atom stereocenters. The Kier molecular flexibility index (Phi) is 3.64. The fraction of sp³-hybridized carbons (Fsp3) is 0.625. The van der Waals surface area contributed by atoms with Crippen LogP contribution in [0.4, 0.5) is 5.82 Å². The predicted octanol–water partition coefficient (Wildman–Crippen LogP) is 3.29. The number of hydrogen-bond acceptors (Lipinski definition) is 3. The average molecular weight is 272 g/mol. The number of hydrogen-bond donors (Lipinski definition) is 0. The Labute approximate surface area is 120 Å². The largest absolute Gasteiger partial charge is 0.357 e. The molecule has 0 unspecified atom stereocenters. The van der Waals surface area contributed by atoms with Gasteiger partial charge in [0, 0.05) is 25.5 Å². The minimum Gasteiger partial charge on any atom is -0.357 e. The highest BCUT2D eigenvalue weighted by Gasteiger charge is 2.19. The second kappa shape index (κ2) is 5.43. The SMILES string of the molecule is CCN(CC1CCCC1)c1ccc2c(C)nn(C)c2n1. The van der Waals surface area contributed by atoms with E-state index >= 15 is 0 Å². The van der Waals surface area contributed by atoms with Gasteiger partial charge >= 0.3 is 0 Å². The first kappa shape index (κ1) is 13.4. The number of pyridine rings is 1. The lowest BCUT2D eigenvalue weighted by Gasteiger charge is -2.25. The van der Waals surface area contributed by atoms with E-state index in [1.165, 1.54) is 25.7 Å². The van der Waals surface area contributed by atoms with E-state index in [2.05, 4.69) is 29.1 Å². The predicted molar refractivity (Wildman–Crippen MR) is 83.1 cm³/mol. The maximum atomic E-state index is 4.84. The van der Waals surface area contributed by atoms with Crippen molar-refractivity contribution in [1.29, 1.82) is 0 Å². The summed E-state index contributed by atoms with van der Waals surface area (Å²) in [5.74, 6) is 1.94. The van der Waals surface area contributed by atoms with Crippen molar-refractivity contribution in [3.8, 4) is 0 Å². The fourth-order valence-corrected chi connectivity index (χ4v) is 3.36. The Morgan fingerprint density at radius 1 is 1.30 bits per heavy atom. The van der Waals surface area contributed by atoms with Crippen LogP contribution in [-0.2, 0) is 7.05 Å². The van der Waals surface area contributed by atoms with Crippen molar-refractivity contribution in [3.63, 3.8) is 0 Å². The highest BCUT2D eigenvalue weighted by Crippen LogP contribution is 2.27. The van der Waals surface area contributed by atoms with E-state index in [4.69, 9.17) is 4.98 Å². The van der Waals surface area contributed by atoms with Gasteiger partial charge < -0.3 is 4.90 Å². The van der Waals surface area contributed by atoms with Crippen molar-refractivity contribution in [1.82, 2.24) is 14.8 Å². The van der Waals surface area contributed by atoms with Crippen molar-refractivity contribution in [3.05, 3.63) is 17.8 Å². The first-order chi connectivity index (χ1) is 9.69. The summed E-state index contributed by atoms with van der Waals surface area (Å²) in [6, 6.07) is 4.31. The molecule has 0 N–H and O–H groups in total. The quantitative estimate of drug-likeness (QED) is 0.856. The van der Waals surface area contributed by atoms with Gasteiger partial charge in [0.05, 0.1) is 5.69 Å². The first-order valence-electron chi connectivity index (χ1n) is 7.74. The Bertz CT molecular complexity index is 596. The molecular formula is C16H24N4. The van der Waals surface area contributed by atoms with E-state index < -0.39 is 0 Å². The lowest BCUT2D eigenvalue weighted by Crippen LogP contribution is -2.29. The van der Waals surface area contributed by atoms with E-state index in [-0.39, 0.29) is 0 Å². The van der Waals surface area contributed by atoms with Crippen molar-refractivity contribution in [2.45, 2.75) is 39.5 Å². The van der Waals surface area contributed by atoms with Crippen LogP contribution in [0.1, 0.15) is 38.3 Å². The second-order valence-corrected chi connectivity index (χ2v) is 5.94. The van der Waals surface area contributed by atoms with Crippen LogP contribution in [0.3, 0.4) is 0 Å². The summed E-state index contributed by atoms with van der Waals surface area (Å²) in [6.07, 6.45) is 5.55. The van der Waals surface area contributed by atoms with Crippen LogP contribution < -0.4 is 4.90 Å². The van der Waals surface area contributed by atoms with Crippen LogP contribution in [0, 0.1) is 12.8 Å². The van der Waals surface area contributed by atoms with Gasteiger partial charge in [0.15, 0.2) is 5.65 Å². The van der Waals surface area contributed by atoms with E-state index in [1.807, 2.05) is 18.7 Å². The Morgan fingerprint density at radius 2 is 2.05 bits per heavy atom. The molecule has 0 aliphatic heterocycles. The maximum Gasteiger partial charge on any atom is 0.160 e. The van der Waals surface area contributed by atoms with Crippen LogP contribution in [0.25, 0.3) is 11.0 Å². The van der Waals surface area contributed by atoms with E-state index in [1.54, 1.807) is 0 Å². The minimum absolute atomic E-state index is 0.848. The zero-order valence-electron chi connectivity index (χ0n) is 12.8. The highest BCUT2D eigenvalue weighted by molar-refractivity contribution is 5.79. The average Bonchev–Trinajstić information content (AvgIpc) is 3.05. The van der Waals surface area contributed by atoms with E-state index in [9.17, 15) is 0 Å². The number of aromatic nitrogens is 3. The molecule has 0 saturated heterocycles. The van der Waals surface area contributed by atoms with Crippen molar-refractivity contribution >= 4 is 16.9 Å². The minimum atomic E-state index is 0.848. The molecule has 2 aromatic rings. The number of fused-ring (bicyclic) bond motifs is 1. The number of anilines is 1. The van der Waals surface area contributed by atoms with Gasteiger partial charge in [0.25, 0.3) is 0 Å². The third-order valence-electron chi connectivity index (χ3n) is 4.52. The Hall–Kier alpha value is -1.58. The summed E-state index contributed by atoms with van der Waals surface area (Å²) in [6.45, 7) is 6.42. The van der Waals surface area contributed by atoms with Crippen molar-refractivity contribution in [2.75, 3.05) is 18.0 Å². The molecule has 0 amide bonds. The van der Waals surface area contributed by atoms with Crippen LogP contribution in [0.2, 0.25) is 0 Å². The molecule has 4 nitrogen and oxygen atoms in total. The molecule has 2 heterocycles. The van der Waals surface area contributed by atoms with Gasteiger partial charge in [-0.15, -0.1) is 0 Å². The fourth-order valence-electron chi connectivity index (χ4n) is 3.36. The molecule has 1 aliphatic rings. The van der Waals surface area contributed by atoms with Crippen molar-refractivity contribution < 1.29 is 0 Å². The van der Waals surface area contributed by atoms with Gasteiger partial charge in [-0.05, 0) is 44.7 Å². The Morgan fingerprint density at radius 3 is 2.75 bits per heavy atom. The molecule has 1 fully saturated rings. The molecule has 0 aromatic carbocycles. The number of rotatable bonds is 4. The summed E-state index contributed by atoms with van der Waals surface area (Å²) < 4.78 is 1.89. The van der Waals surface area contributed by atoms with Gasteiger partial charge in [0.1, 0.15) is 5.82 Å². The monoisotopic (exact) mass is 272 g/mol. The summed E-state index contributed by atoms with van der Waals surface area (Å²) in [4.78, 5) is 7.25. The normalized spacial score (nSPS) is 16.1. The molecule has 2 aromatic heterocycles. The molecule has 1 saturated carbocycles. The number of nitrogens with zero attached hydrogens (tertiary/aromatic N) is 4. The van der Waals surface area contributed by atoms with Gasteiger partial charge in [0.2, 0.25) is 0 Å². The third kappa shape index (κ3) is 2.39. The van der Waals surface area contributed by atoms with Crippen molar-refractivity contribution in [2.24, 2.45) is 13.0 Å². The van der Waals surface area contributed by atoms with E-state index in [0.717, 1.165) is 41.6 Å². The maximum absolute atomic E-state index is 4.84. The van der Waals surface area contributed by atoms with Gasteiger partial charge in [-0.3, -0.25) is 4.68 Å². The highest BCUT2D eigenvalue weighted by atomic mass is 15.3.